The summed E-state index contributed by atoms with van der Waals surface area (Å²) in [6, 6.07) is 9.11. The minimum atomic E-state index is 0.222. The Morgan fingerprint density at radius 1 is 1.28 bits per heavy atom. The second-order valence-electron chi connectivity index (χ2n) is 6.22. The molecule has 100 valence electrons. The second-order valence-corrected chi connectivity index (χ2v) is 6.22. The highest BCUT2D eigenvalue weighted by atomic mass is 15.2. The number of anilines is 1. The van der Waals surface area contributed by atoms with Crippen molar-refractivity contribution in [2.45, 2.75) is 38.4 Å². The zero-order chi connectivity index (χ0) is 13.3. The van der Waals surface area contributed by atoms with E-state index in [1.165, 1.54) is 11.3 Å². The van der Waals surface area contributed by atoms with Gasteiger partial charge in [0.05, 0.1) is 0 Å². The fraction of sp³-hybridized carbons (Fsp3) is 0.600. The van der Waals surface area contributed by atoms with E-state index in [2.05, 4.69) is 62.0 Å². The number of likely N-dealkylation sites (tertiary alicyclic amines) is 1. The summed E-state index contributed by atoms with van der Waals surface area (Å²) in [6.07, 6.45) is 1.09. The van der Waals surface area contributed by atoms with E-state index in [0.717, 1.165) is 19.5 Å². The molecule has 0 radical (unpaired) electrons. The third-order valence-corrected chi connectivity index (χ3v) is 3.90. The van der Waals surface area contributed by atoms with Crippen LogP contribution in [0.15, 0.2) is 24.3 Å². The topological polar surface area (TPSA) is 32.5 Å². The smallest absolute Gasteiger partial charge is 0.0361 e. The van der Waals surface area contributed by atoms with Crippen molar-refractivity contribution in [3.63, 3.8) is 0 Å². The maximum Gasteiger partial charge on any atom is 0.0361 e. The lowest BCUT2D eigenvalue weighted by Gasteiger charge is -2.31. The van der Waals surface area contributed by atoms with E-state index in [0.29, 0.717) is 6.04 Å². The Bertz CT molecular complexity index is 395. The normalized spacial score (nSPS) is 23.3. The Hall–Kier alpha value is -1.06. The van der Waals surface area contributed by atoms with Gasteiger partial charge in [0.15, 0.2) is 0 Å². The van der Waals surface area contributed by atoms with Crippen LogP contribution in [0.3, 0.4) is 0 Å². The van der Waals surface area contributed by atoms with Gasteiger partial charge in [0, 0.05) is 44.5 Å². The van der Waals surface area contributed by atoms with Crippen molar-refractivity contribution in [3.05, 3.63) is 29.8 Å². The molecule has 2 N–H and O–H groups in total. The fourth-order valence-corrected chi connectivity index (χ4v) is 2.76. The van der Waals surface area contributed by atoms with Gasteiger partial charge >= 0.3 is 0 Å². The molecule has 1 saturated heterocycles. The number of hydrogen-bond donors (Lipinski definition) is 1. The molecular formula is C15H25N3. The first-order valence-electron chi connectivity index (χ1n) is 6.65. The molecular weight excluding hydrogens is 222 g/mol. The van der Waals surface area contributed by atoms with E-state index in [1.54, 1.807) is 0 Å². The van der Waals surface area contributed by atoms with Crippen LogP contribution in [0.25, 0.3) is 0 Å². The maximum atomic E-state index is 6.07. The van der Waals surface area contributed by atoms with Crippen molar-refractivity contribution < 1.29 is 0 Å². The molecule has 1 unspecified atom stereocenters. The lowest BCUT2D eigenvalue weighted by molar-refractivity contribution is 0.166. The molecule has 1 aliphatic rings. The van der Waals surface area contributed by atoms with Crippen LogP contribution in [-0.2, 0) is 6.54 Å². The molecule has 3 nitrogen and oxygen atoms in total. The Labute approximate surface area is 111 Å². The highest BCUT2D eigenvalue weighted by Crippen LogP contribution is 2.29. The van der Waals surface area contributed by atoms with Gasteiger partial charge in [-0.15, -0.1) is 0 Å². The van der Waals surface area contributed by atoms with E-state index in [4.69, 9.17) is 5.73 Å². The van der Waals surface area contributed by atoms with Crippen LogP contribution >= 0.6 is 0 Å². The van der Waals surface area contributed by atoms with E-state index in [-0.39, 0.29) is 5.54 Å². The van der Waals surface area contributed by atoms with Crippen LogP contribution in [-0.4, -0.2) is 37.1 Å². The molecule has 0 spiro atoms. The number of nitrogens with two attached hydrogens (primary N) is 1. The predicted molar refractivity (Wildman–Crippen MR) is 77.9 cm³/mol. The van der Waals surface area contributed by atoms with Crippen LogP contribution < -0.4 is 10.6 Å². The molecule has 1 aliphatic heterocycles. The van der Waals surface area contributed by atoms with Crippen molar-refractivity contribution in [3.8, 4) is 0 Å². The van der Waals surface area contributed by atoms with Gasteiger partial charge in [0.1, 0.15) is 0 Å². The lowest BCUT2D eigenvalue weighted by atomic mass is 10.00. The average Bonchev–Trinajstić information content (AvgIpc) is 2.52. The fourth-order valence-electron chi connectivity index (χ4n) is 2.76. The van der Waals surface area contributed by atoms with Crippen LogP contribution in [0.1, 0.15) is 25.8 Å². The quantitative estimate of drug-likeness (QED) is 0.887. The van der Waals surface area contributed by atoms with E-state index in [9.17, 15) is 0 Å². The Morgan fingerprint density at radius 3 is 2.33 bits per heavy atom. The van der Waals surface area contributed by atoms with Crippen LogP contribution in [0.4, 0.5) is 5.69 Å². The van der Waals surface area contributed by atoms with Crippen molar-refractivity contribution in [2.75, 3.05) is 25.5 Å². The highest BCUT2D eigenvalue weighted by Gasteiger charge is 2.36. The van der Waals surface area contributed by atoms with Crippen LogP contribution in [0.2, 0.25) is 0 Å². The molecule has 0 saturated carbocycles. The van der Waals surface area contributed by atoms with Gasteiger partial charge in [-0.05, 0) is 38.0 Å². The largest absolute Gasteiger partial charge is 0.378 e. The van der Waals surface area contributed by atoms with Crippen molar-refractivity contribution in [1.82, 2.24) is 4.90 Å². The second kappa shape index (κ2) is 4.90. The monoisotopic (exact) mass is 247 g/mol. The van der Waals surface area contributed by atoms with Crippen LogP contribution in [0.5, 0.6) is 0 Å². The van der Waals surface area contributed by atoms with E-state index in [1.807, 2.05) is 0 Å². The van der Waals surface area contributed by atoms with Gasteiger partial charge in [0.25, 0.3) is 0 Å². The van der Waals surface area contributed by atoms with Crippen molar-refractivity contribution in [2.24, 2.45) is 5.73 Å². The summed E-state index contributed by atoms with van der Waals surface area (Å²) < 4.78 is 0. The first-order valence-corrected chi connectivity index (χ1v) is 6.65. The first kappa shape index (κ1) is 13.4. The standard InChI is InChI=1S/C15H25N3/c1-15(2)9-13(16)11-18(15)10-12-5-7-14(8-6-12)17(3)4/h5-8,13H,9-11,16H2,1-4H3. The molecule has 1 aromatic carbocycles. The van der Waals surface area contributed by atoms with Gasteiger partial charge in [-0.2, -0.15) is 0 Å². The zero-order valence-electron chi connectivity index (χ0n) is 12.0. The summed E-state index contributed by atoms with van der Waals surface area (Å²) >= 11 is 0. The average molecular weight is 247 g/mol. The maximum absolute atomic E-state index is 6.07. The zero-order valence-corrected chi connectivity index (χ0v) is 12.0. The summed E-state index contributed by atoms with van der Waals surface area (Å²) in [5.74, 6) is 0. The van der Waals surface area contributed by atoms with Crippen molar-refractivity contribution >= 4 is 5.69 Å². The van der Waals surface area contributed by atoms with E-state index < -0.39 is 0 Å². The molecule has 0 bridgehead atoms. The Balaban J connectivity index is 2.05. The molecule has 18 heavy (non-hydrogen) atoms. The minimum Gasteiger partial charge on any atom is -0.378 e. The molecule has 0 aliphatic carbocycles. The van der Waals surface area contributed by atoms with Crippen LogP contribution in [0, 0.1) is 0 Å². The first-order chi connectivity index (χ1) is 8.38. The van der Waals surface area contributed by atoms with Gasteiger partial charge in [-0.3, -0.25) is 4.90 Å². The molecule has 1 atom stereocenters. The molecule has 0 aromatic heterocycles. The van der Waals surface area contributed by atoms with Gasteiger partial charge in [-0.25, -0.2) is 0 Å². The SMILES string of the molecule is CN(C)c1ccc(CN2CC(N)CC2(C)C)cc1. The molecule has 2 rings (SSSR count). The molecule has 1 heterocycles. The molecule has 3 heteroatoms. The van der Waals surface area contributed by atoms with Gasteiger partial charge in [0.2, 0.25) is 0 Å². The van der Waals surface area contributed by atoms with Gasteiger partial charge < -0.3 is 10.6 Å². The Kier molecular flexibility index (Phi) is 3.64. The number of benzene rings is 1. The summed E-state index contributed by atoms with van der Waals surface area (Å²) in [7, 11) is 4.13. The molecule has 1 aromatic rings. The number of nitrogens with zero attached hydrogens (tertiary/aromatic N) is 2. The number of rotatable bonds is 3. The lowest BCUT2D eigenvalue weighted by Crippen LogP contribution is -2.37. The van der Waals surface area contributed by atoms with Gasteiger partial charge in [-0.1, -0.05) is 12.1 Å². The Morgan fingerprint density at radius 2 is 1.89 bits per heavy atom. The third-order valence-electron chi connectivity index (χ3n) is 3.90. The minimum absolute atomic E-state index is 0.222. The van der Waals surface area contributed by atoms with Crippen molar-refractivity contribution in [1.29, 1.82) is 0 Å². The summed E-state index contributed by atoms with van der Waals surface area (Å²) in [5, 5.41) is 0. The summed E-state index contributed by atoms with van der Waals surface area (Å²) in [6.45, 7) is 6.57. The summed E-state index contributed by atoms with van der Waals surface area (Å²) in [4.78, 5) is 4.61. The third kappa shape index (κ3) is 2.85. The molecule has 0 amide bonds. The predicted octanol–water partition coefficient (Wildman–Crippen LogP) is 2.06. The summed E-state index contributed by atoms with van der Waals surface area (Å²) in [5.41, 5.74) is 8.90. The molecule has 1 fully saturated rings. The number of hydrogen-bond acceptors (Lipinski definition) is 3. The highest BCUT2D eigenvalue weighted by molar-refractivity contribution is 5.46. The van der Waals surface area contributed by atoms with E-state index >= 15 is 0 Å².